The van der Waals surface area contributed by atoms with Gasteiger partial charge in [0.2, 0.25) is 5.95 Å². The van der Waals surface area contributed by atoms with Gasteiger partial charge in [-0.2, -0.15) is 18.3 Å². The number of hydrogen-bond acceptors (Lipinski definition) is 7. The number of fused-ring (bicyclic) bond motifs is 1. The topological polar surface area (TPSA) is 117 Å². The molecule has 1 aliphatic rings. The van der Waals surface area contributed by atoms with Crippen molar-refractivity contribution in [3.8, 4) is 11.3 Å². The number of nitrogens with two attached hydrogens (primary N) is 1. The van der Waals surface area contributed by atoms with Crippen LogP contribution in [0.1, 0.15) is 24.1 Å². The van der Waals surface area contributed by atoms with Gasteiger partial charge in [-0.3, -0.25) is 14.9 Å². The first kappa shape index (κ1) is 27.3. The van der Waals surface area contributed by atoms with E-state index in [2.05, 4.69) is 30.6 Å². The number of rotatable bonds is 5. The number of aryl methyl sites for hydroxylation is 1. The lowest BCUT2D eigenvalue weighted by Gasteiger charge is -2.37. The number of anilines is 3. The zero-order valence-electron chi connectivity index (χ0n) is 22.3. The zero-order valence-corrected chi connectivity index (χ0v) is 22.3. The minimum Gasteiger partial charge on any atom is -0.368 e. The van der Waals surface area contributed by atoms with Crippen molar-refractivity contribution in [2.24, 2.45) is 7.05 Å². The predicted molar refractivity (Wildman–Crippen MR) is 148 cm³/mol. The van der Waals surface area contributed by atoms with E-state index in [4.69, 9.17) is 5.73 Å². The van der Waals surface area contributed by atoms with Crippen molar-refractivity contribution in [3.05, 3.63) is 59.8 Å². The van der Waals surface area contributed by atoms with Crippen LogP contribution in [0.3, 0.4) is 0 Å². The molecule has 2 aromatic heterocycles. The first-order chi connectivity index (χ1) is 19.0. The molecule has 0 saturated carbocycles. The lowest BCUT2D eigenvalue weighted by atomic mass is 9.98. The fraction of sp³-hybridized carbons (Fsp3) is 0.333. The Morgan fingerprint density at radius 1 is 1.02 bits per heavy atom. The van der Waals surface area contributed by atoms with Gasteiger partial charge in [-0.25, -0.2) is 14.8 Å². The third-order valence-corrected chi connectivity index (χ3v) is 7.17. The Balaban J connectivity index is 1.31. The molecular formula is C27H30F3N9O. The molecule has 2 amide bonds. The molecule has 1 atom stereocenters. The van der Waals surface area contributed by atoms with Crippen LogP contribution in [-0.4, -0.2) is 68.8 Å². The summed E-state index contributed by atoms with van der Waals surface area (Å²) in [7, 11) is 3.72. The van der Waals surface area contributed by atoms with E-state index in [0.29, 0.717) is 24.3 Å². The molecule has 0 bridgehead atoms. The third kappa shape index (κ3) is 5.84. The number of aromatic nitrogens is 4. The van der Waals surface area contributed by atoms with E-state index in [0.717, 1.165) is 30.1 Å². The summed E-state index contributed by atoms with van der Waals surface area (Å²) in [6, 6.07) is 9.98. The maximum absolute atomic E-state index is 14.0. The van der Waals surface area contributed by atoms with Crippen LogP contribution in [0, 0.1) is 0 Å². The van der Waals surface area contributed by atoms with Crippen LogP contribution in [0.5, 0.6) is 0 Å². The Labute approximate surface area is 229 Å². The van der Waals surface area contributed by atoms with E-state index in [1.807, 2.05) is 30.1 Å². The van der Waals surface area contributed by atoms with E-state index in [-0.39, 0.29) is 23.0 Å². The first-order valence-corrected chi connectivity index (χ1v) is 12.8. The van der Waals surface area contributed by atoms with Crippen molar-refractivity contribution < 1.29 is 18.0 Å². The third-order valence-electron chi connectivity index (χ3n) is 7.17. The Hall–Kier alpha value is -4.23. The number of carbonyl (C=O) groups excluding carboxylic acids is 1. The highest BCUT2D eigenvalue weighted by Crippen LogP contribution is 2.38. The molecule has 4 aromatic rings. The van der Waals surface area contributed by atoms with E-state index >= 15 is 0 Å². The summed E-state index contributed by atoms with van der Waals surface area (Å²) in [6.07, 6.45) is -2.95. The van der Waals surface area contributed by atoms with Gasteiger partial charge in [0, 0.05) is 68.2 Å². The second kappa shape index (κ2) is 10.7. The number of piperazine rings is 1. The molecule has 5 rings (SSSR count). The number of halogens is 3. The Kier molecular flexibility index (Phi) is 7.34. The molecular weight excluding hydrogens is 523 g/mol. The van der Waals surface area contributed by atoms with Gasteiger partial charge in [-0.1, -0.05) is 12.1 Å². The Bertz CT molecular complexity index is 1540. The highest BCUT2D eigenvalue weighted by molar-refractivity contribution is 5.99. The molecule has 0 aliphatic carbocycles. The number of nitrogen functional groups attached to an aromatic ring is 1. The molecule has 10 nitrogen and oxygen atoms in total. The van der Waals surface area contributed by atoms with E-state index < -0.39 is 23.8 Å². The second-order valence-electron chi connectivity index (χ2n) is 9.93. The van der Waals surface area contributed by atoms with Gasteiger partial charge in [0.1, 0.15) is 0 Å². The minimum atomic E-state index is -4.57. The number of carbonyl (C=O) groups is 1. The number of benzene rings is 2. The van der Waals surface area contributed by atoms with Gasteiger partial charge in [0.25, 0.3) is 0 Å². The van der Waals surface area contributed by atoms with E-state index in [9.17, 15) is 18.0 Å². The molecule has 1 aliphatic heterocycles. The van der Waals surface area contributed by atoms with Gasteiger partial charge in [-0.05, 0) is 43.8 Å². The summed E-state index contributed by atoms with van der Waals surface area (Å²) < 4.78 is 43.7. The van der Waals surface area contributed by atoms with Crippen LogP contribution >= 0.6 is 0 Å². The fourth-order valence-electron chi connectivity index (χ4n) is 4.93. The monoisotopic (exact) mass is 553 g/mol. The summed E-state index contributed by atoms with van der Waals surface area (Å²) in [5.74, 6) is 0.417. The summed E-state index contributed by atoms with van der Waals surface area (Å²) in [5.41, 5.74) is 7.30. The number of likely N-dealkylation sites (N-methyl/N-ethyl adjacent to an activating group) is 1. The molecule has 0 spiro atoms. The molecule has 4 N–H and O–H groups in total. The molecule has 210 valence electrons. The highest BCUT2D eigenvalue weighted by Gasteiger charge is 2.36. The minimum absolute atomic E-state index is 0.0316. The number of alkyl halides is 3. The van der Waals surface area contributed by atoms with Crippen molar-refractivity contribution >= 4 is 34.4 Å². The summed E-state index contributed by atoms with van der Waals surface area (Å²) in [6.45, 7) is 4.75. The van der Waals surface area contributed by atoms with Crippen molar-refractivity contribution in [3.63, 3.8) is 0 Å². The maximum atomic E-state index is 14.0. The number of urea groups is 1. The van der Waals surface area contributed by atoms with Gasteiger partial charge in [-0.15, -0.1) is 0 Å². The summed E-state index contributed by atoms with van der Waals surface area (Å²) in [5, 5.41) is 10.2. The van der Waals surface area contributed by atoms with Crippen LogP contribution in [0.25, 0.3) is 22.2 Å². The molecule has 1 fully saturated rings. The Morgan fingerprint density at radius 2 is 1.77 bits per heavy atom. The molecule has 3 heterocycles. The zero-order chi connectivity index (χ0) is 28.6. The normalized spacial score (nSPS) is 15.8. The average Bonchev–Trinajstić information content (AvgIpc) is 3.27. The van der Waals surface area contributed by atoms with Crippen LogP contribution < -0.4 is 16.4 Å². The highest BCUT2D eigenvalue weighted by atomic mass is 19.4. The SMILES string of the molecule is CC(c1ccc(NC(=O)Nc2cc(-c3ccc4nc(N)ncc4c3)n(C)n2)cc1C(F)(F)F)N1CCN(C)CC1. The lowest BCUT2D eigenvalue weighted by Crippen LogP contribution is -2.45. The number of nitrogens with zero attached hydrogens (tertiary/aromatic N) is 6. The summed E-state index contributed by atoms with van der Waals surface area (Å²) in [4.78, 5) is 25.1. The second-order valence-corrected chi connectivity index (χ2v) is 9.93. The molecule has 40 heavy (non-hydrogen) atoms. The van der Waals surface area contributed by atoms with Crippen LogP contribution in [-0.2, 0) is 13.2 Å². The van der Waals surface area contributed by atoms with Gasteiger partial charge in [0.15, 0.2) is 5.82 Å². The Morgan fingerprint density at radius 3 is 2.50 bits per heavy atom. The van der Waals surface area contributed by atoms with E-state index in [1.54, 1.807) is 30.9 Å². The smallest absolute Gasteiger partial charge is 0.368 e. The number of amides is 2. The van der Waals surface area contributed by atoms with Gasteiger partial charge < -0.3 is 16.0 Å². The fourth-order valence-corrected chi connectivity index (χ4v) is 4.93. The summed E-state index contributed by atoms with van der Waals surface area (Å²) >= 11 is 0. The van der Waals surface area contributed by atoms with Crippen LogP contribution in [0.2, 0.25) is 0 Å². The standard InChI is InChI=1S/C27H30F3N9O/c1-16(39-10-8-37(2)9-11-39)20-6-5-19(13-21(20)27(28,29)30)33-26(40)35-24-14-23(38(3)36-24)17-4-7-22-18(12-17)15-32-25(31)34-22/h4-7,12-16H,8-11H2,1-3H3,(H2,31,32,34)(H2,33,35,36,40). The largest absolute Gasteiger partial charge is 0.416 e. The average molecular weight is 554 g/mol. The quantitative estimate of drug-likeness (QED) is 0.331. The first-order valence-electron chi connectivity index (χ1n) is 12.8. The van der Waals surface area contributed by atoms with Gasteiger partial charge in [0.05, 0.1) is 16.8 Å². The van der Waals surface area contributed by atoms with E-state index in [1.165, 1.54) is 12.1 Å². The maximum Gasteiger partial charge on any atom is 0.416 e. The van der Waals surface area contributed by atoms with Gasteiger partial charge >= 0.3 is 12.2 Å². The van der Waals surface area contributed by atoms with Crippen LogP contribution in [0.15, 0.2) is 48.7 Å². The lowest BCUT2D eigenvalue weighted by molar-refractivity contribution is -0.138. The number of hydrogen-bond donors (Lipinski definition) is 3. The molecule has 1 unspecified atom stereocenters. The van der Waals surface area contributed by atoms with Crippen molar-refractivity contribution in [2.45, 2.75) is 19.1 Å². The van der Waals surface area contributed by atoms with Crippen molar-refractivity contribution in [2.75, 3.05) is 49.6 Å². The molecule has 13 heteroatoms. The molecule has 2 aromatic carbocycles. The number of nitrogens with one attached hydrogen (secondary N) is 2. The van der Waals surface area contributed by atoms with Crippen LogP contribution in [0.4, 0.5) is 35.4 Å². The van der Waals surface area contributed by atoms with Crippen molar-refractivity contribution in [1.29, 1.82) is 0 Å². The predicted octanol–water partition coefficient (Wildman–Crippen LogP) is 4.58. The van der Waals surface area contributed by atoms with Crippen molar-refractivity contribution in [1.82, 2.24) is 29.5 Å². The molecule has 1 saturated heterocycles. The molecule has 0 radical (unpaired) electrons.